The molecule has 2 unspecified atom stereocenters. The number of carboxylic acids is 1. The molecule has 2 aromatic rings. The molecule has 4 atom stereocenters. The van der Waals surface area contributed by atoms with Crippen LogP contribution in [0.15, 0.2) is 48.5 Å². The lowest BCUT2D eigenvalue weighted by molar-refractivity contribution is -0.149. The third-order valence-corrected chi connectivity index (χ3v) is 7.88. The van der Waals surface area contributed by atoms with Gasteiger partial charge in [0.1, 0.15) is 6.61 Å². The molecule has 184 valence electrons. The molecule has 2 saturated heterocycles. The first-order valence-corrected chi connectivity index (χ1v) is 12.0. The molecule has 0 spiro atoms. The minimum atomic E-state index is -0.996. The molecule has 5 rings (SSSR count). The largest absolute Gasteiger partial charge is 0.481 e. The maximum atomic E-state index is 13.2. The molecule has 8 heteroatoms. The lowest BCUT2D eigenvalue weighted by Gasteiger charge is -2.26. The van der Waals surface area contributed by atoms with E-state index >= 15 is 0 Å². The Labute approximate surface area is 204 Å². The lowest BCUT2D eigenvalue weighted by atomic mass is 9.81. The van der Waals surface area contributed by atoms with Crippen LogP contribution in [0.4, 0.5) is 4.79 Å². The molecule has 35 heavy (non-hydrogen) atoms. The van der Waals surface area contributed by atoms with Gasteiger partial charge in [0.05, 0.1) is 11.5 Å². The molecule has 1 aliphatic carbocycles. The quantitative estimate of drug-likeness (QED) is 0.684. The van der Waals surface area contributed by atoms with Crippen molar-refractivity contribution >= 4 is 18.0 Å². The number of alkyl carbamates (subject to hydrolysis) is 1. The number of carbonyl (C=O) groups excluding carboxylic acids is 2. The number of likely N-dealkylation sites (tertiary alicyclic amines) is 1. The Morgan fingerprint density at radius 1 is 1.11 bits per heavy atom. The summed E-state index contributed by atoms with van der Waals surface area (Å²) in [5.74, 6) is -1.44. The van der Waals surface area contributed by atoms with E-state index in [-0.39, 0.29) is 30.9 Å². The van der Waals surface area contributed by atoms with E-state index < -0.39 is 29.6 Å². The Kier molecular flexibility index (Phi) is 6.01. The first-order valence-electron chi connectivity index (χ1n) is 12.0. The van der Waals surface area contributed by atoms with Crippen LogP contribution >= 0.6 is 0 Å². The van der Waals surface area contributed by atoms with E-state index in [0.29, 0.717) is 19.6 Å². The van der Waals surface area contributed by atoms with Gasteiger partial charge in [-0.15, -0.1) is 0 Å². The van der Waals surface area contributed by atoms with Gasteiger partial charge in [0.25, 0.3) is 5.91 Å². The second-order valence-corrected chi connectivity index (χ2v) is 10.00. The number of ether oxygens (including phenoxy) is 2. The zero-order chi connectivity index (χ0) is 24.7. The van der Waals surface area contributed by atoms with E-state index in [1.807, 2.05) is 31.2 Å². The SMILES string of the molecule is CC1CN(C(=O)[C@H]2OCC[C@H]2NC(=O)OCC2c3ccccc3-c3ccccc32)CC1(C)C(=O)O. The number of amides is 2. The van der Waals surface area contributed by atoms with E-state index in [1.54, 1.807) is 11.8 Å². The number of aliphatic carboxylic acids is 1. The van der Waals surface area contributed by atoms with Crippen molar-refractivity contribution in [3.05, 3.63) is 59.7 Å². The summed E-state index contributed by atoms with van der Waals surface area (Å²) in [5, 5.41) is 12.4. The van der Waals surface area contributed by atoms with E-state index in [0.717, 1.165) is 22.3 Å². The fraction of sp³-hybridized carbons (Fsp3) is 0.444. The molecule has 0 saturated carbocycles. The average Bonchev–Trinajstić information content (AvgIpc) is 3.52. The summed E-state index contributed by atoms with van der Waals surface area (Å²) < 4.78 is 11.3. The van der Waals surface area contributed by atoms with Crippen molar-refractivity contribution in [3.8, 4) is 11.1 Å². The number of nitrogens with one attached hydrogen (secondary N) is 1. The van der Waals surface area contributed by atoms with E-state index in [2.05, 4.69) is 29.6 Å². The molecule has 0 aromatic heterocycles. The van der Waals surface area contributed by atoms with Gasteiger partial charge in [-0.1, -0.05) is 55.5 Å². The predicted octanol–water partition coefficient (Wildman–Crippen LogP) is 3.25. The van der Waals surface area contributed by atoms with Crippen LogP contribution in [0.2, 0.25) is 0 Å². The van der Waals surface area contributed by atoms with Crippen molar-refractivity contribution in [2.75, 3.05) is 26.3 Å². The highest BCUT2D eigenvalue weighted by Crippen LogP contribution is 2.44. The molecule has 2 heterocycles. The van der Waals surface area contributed by atoms with Crippen molar-refractivity contribution in [2.24, 2.45) is 11.3 Å². The fourth-order valence-electron chi connectivity index (χ4n) is 5.55. The van der Waals surface area contributed by atoms with Crippen LogP contribution in [0.3, 0.4) is 0 Å². The molecule has 2 amide bonds. The van der Waals surface area contributed by atoms with Gasteiger partial charge in [0, 0.05) is 25.6 Å². The van der Waals surface area contributed by atoms with Crippen molar-refractivity contribution in [1.29, 1.82) is 0 Å². The van der Waals surface area contributed by atoms with Gasteiger partial charge in [-0.05, 0) is 41.5 Å². The standard InChI is InChI=1S/C27H30N2O6/c1-16-13-29(15-27(16,2)25(31)32)24(30)23-22(11-12-34-23)28-26(33)35-14-21-19-9-5-3-7-17(19)18-8-4-6-10-20(18)21/h3-10,16,21-23H,11-15H2,1-2H3,(H,28,33)(H,31,32)/t16?,22-,23+,27?/m1/s1. The maximum Gasteiger partial charge on any atom is 0.407 e. The van der Waals surface area contributed by atoms with Gasteiger partial charge in [-0.2, -0.15) is 0 Å². The Morgan fingerprint density at radius 3 is 2.34 bits per heavy atom. The summed E-state index contributed by atoms with van der Waals surface area (Å²) in [6.07, 6.45) is -0.954. The van der Waals surface area contributed by atoms with E-state index in [9.17, 15) is 19.5 Å². The van der Waals surface area contributed by atoms with Gasteiger partial charge >= 0.3 is 12.1 Å². The van der Waals surface area contributed by atoms with Crippen LogP contribution in [-0.2, 0) is 19.1 Å². The number of fused-ring (bicyclic) bond motifs is 3. The van der Waals surface area contributed by atoms with Gasteiger partial charge < -0.3 is 24.8 Å². The topological polar surface area (TPSA) is 105 Å². The predicted molar refractivity (Wildman–Crippen MR) is 128 cm³/mol. The fourth-order valence-corrected chi connectivity index (χ4v) is 5.55. The van der Waals surface area contributed by atoms with Crippen molar-refractivity contribution in [3.63, 3.8) is 0 Å². The van der Waals surface area contributed by atoms with Crippen LogP contribution < -0.4 is 5.32 Å². The van der Waals surface area contributed by atoms with E-state index in [4.69, 9.17) is 9.47 Å². The summed E-state index contributed by atoms with van der Waals surface area (Å²) in [4.78, 5) is 39.1. The van der Waals surface area contributed by atoms with Crippen LogP contribution in [-0.4, -0.2) is 66.4 Å². The Bertz CT molecular complexity index is 1120. The molecule has 0 bridgehead atoms. The third kappa shape index (κ3) is 4.05. The molecule has 8 nitrogen and oxygen atoms in total. The third-order valence-electron chi connectivity index (χ3n) is 7.88. The number of nitrogens with zero attached hydrogens (tertiary/aromatic N) is 1. The average molecular weight is 479 g/mol. The Morgan fingerprint density at radius 2 is 1.74 bits per heavy atom. The maximum absolute atomic E-state index is 13.2. The number of rotatable bonds is 5. The normalized spacial score (nSPS) is 27.4. The van der Waals surface area contributed by atoms with Crippen molar-refractivity contribution in [1.82, 2.24) is 10.2 Å². The minimum Gasteiger partial charge on any atom is -0.481 e. The first kappa shape index (κ1) is 23.4. The van der Waals surface area contributed by atoms with Gasteiger partial charge in [0.2, 0.25) is 0 Å². The Hall–Kier alpha value is -3.39. The summed E-state index contributed by atoms with van der Waals surface area (Å²) in [6.45, 7) is 4.49. The van der Waals surface area contributed by atoms with Crippen LogP contribution in [0.1, 0.15) is 37.3 Å². The van der Waals surface area contributed by atoms with Gasteiger partial charge in [-0.3, -0.25) is 9.59 Å². The second-order valence-electron chi connectivity index (χ2n) is 10.00. The molecule has 3 aliphatic rings. The lowest BCUT2D eigenvalue weighted by Crippen LogP contribution is -2.49. The molecule has 2 aromatic carbocycles. The van der Waals surface area contributed by atoms with Crippen LogP contribution in [0, 0.1) is 11.3 Å². The smallest absolute Gasteiger partial charge is 0.407 e. The number of hydrogen-bond donors (Lipinski definition) is 2. The first-order chi connectivity index (χ1) is 16.8. The number of hydrogen-bond acceptors (Lipinski definition) is 5. The molecular weight excluding hydrogens is 448 g/mol. The zero-order valence-corrected chi connectivity index (χ0v) is 19.9. The van der Waals surface area contributed by atoms with Gasteiger partial charge in [-0.25, -0.2) is 4.79 Å². The number of carbonyl (C=O) groups is 3. The number of carboxylic acid groups (broad SMARTS) is 1. The molecule has 2 aliphatic heterocycles. The van der Waals surface area contributed by atoms with Crippen LogP contribution in [0.25, 0.3) is 11.1 Å². The molecule has 2 N–H and O–H groups in total. The zero-order valence-electron chi connectivity index (χ0n) is 19.9. The second kappa shape index (κ2) is 9.00. The highest BCUT2D eigenvalue weighted by Gasteiger charge is 2.50. The summed E-state index contributed by atoms with van der Waals surface area (Å²) in [6, 6.07) is 15.7. The van der Waals surface area contributed by atoms with Crippen molar-refractivity contribution < 1.29 is 29.0 Å². The molecule has 2 fully saturated rings. The minimum absolute atomic E-state index is 0.0507. The van der Waals surface area contributed by atoms with Crippen LogP contribution in [0.5, 0.6) is 0 Å². The van der Waals surface area contributed by atoms with Gasteiger partial charge in [0.15, 0.2) is 6.10 Å². The summed E-state index contributed by atoms with van der Waals surface area (Å²) >= 11 is 0. The molecule has 0 radical (unpaired) electrons. The monoisotopic (exact) mass is 478 g/mol. The summed E-state index contributed by atoms with van der Waals surface area (Å²) in [7, 11) is 0. The molecular formula is C27H30N2O6. The van der Waals surface area contributed by atoms with E-state index in [1.165, 1.54) is 0 Å². The number of benzene rings is 2. The summed E-state index contributed by atoms with van der Waals surface area (Å²) in [5.41, 5.74) is 3.57. The van der Waals surface area contributed by atoms with Crippen molar-refractivity contribution in [2.45, 2.75) is 38.3 Å². The Balaban J connectivity index is 1.21. The highest BCUT2D eigenvalue weighted by molar-refractivity contribution is 5.85. The highest BCUT2D eigenvalue weighted by atomic mass is 16.6.